The van der Waals surface area contributed by atoms with Crippen LogP contribution in [0.15, 0.2) is 30.6 Å². The van der Waals surface area contributed by atoms with Crippen molar-refractivity contribution in [2.45, 2.75) is 51.2 Å². The first kappa shape index (κ1) is 25.1. The molecule has 1 aromatic heterocycles. The monoisotopic (exact) mass is 489 g/mol. The van der Waals surface area contributed by atoms with Gasteiger partial charge in [0.15, 0.2) is 5.75 Å². The zero-order valence-corrected chi connectivity index (χ0v) is 20.2. The summed E-state index contributed by atoms with van der Waals surface area (Å²) in [7, 11) is 0. The standard InChI is InChI=1S/C25H33F2N5O3/c1-16(2)35-25(33)31-8-5-17(6-9-31)15-34-19-12-29-24(30-13-19)32-10-7-20(23(28)14-32)21-11-18(26)3-4-22(21)27/h3-4,11-13,16-17,20,23H,5-10,14-15,28H2,1-2H3/t20-,23+/m1/s1. The SMILES string of the molecule is CC(C)OC(=O)N1CCC(COc2cnc(N3CC[C@H](c4cc(F)ccc4F)[C@@H](N)C3)nc2)CC1. The van der Waals surface area contributed by atoms with Crippen LogP contribution in [0.3, 0.4) is 0 Å². The number of hydrogen-bond acceptors (Lipinski definition) is 7. The van der Waals surface area contributed by atoms with Crippen LogP contribution >= 0.6 is 0 Å². The highest BCUT2D eigenvalue weighted by Crippen LogP contribution is 2.31. The van der Waals surface area contributed by atoms with Crippen molar-refractivity contribution in [1.82, 2.24) is 14.9 Å². The molecule has 2 N–H and O–H groups in total. The normalized spacial score (nSPS) is 21.3. The molecule has 190 valence electrons. The third-order valence-electron chi connectivity index (χ3n) is 6.61. The van der Waals surface area contributed by atoms with Gasteiger partial charge in [-0.2, -0.15) is 0 Å². The second-order valence-corrected chi connectivity index (χ2v) is 9.56. The van der Waals surface area contributed by atoms with Crippen LogP contribution in [0.5, 0.6) is 5.75 Å². The first-order valence-electron chi connectivity index (χ1n) is 12.2. The van der Waals surface area contributed by atoms with Crippen LogP contribution < -0.4 is 15.4 Å². The molecule has 1 amide bonds. The summed E-state index contributed by atoms with van der Waals surface area (Å²) in [5, 5.41) is 0. The first-order chi connectivity index (χ1) is 16.8. The molecule has 0 saturated carbocycles. The average molecular weight is 490 g/mol. The Hall–Kier alpha value is -3.01. The van der Waals surface area contributed by atoms with E-state index in [9.17, 15) is 13.6 Å². The van der Waals surface area contributed by atoms with Crippen molar-refractivity contribution in [3.8, 4) is 5.75 Å². The van der Waals surface area contributed by atoms with Gasteiger partial charge in [0.25, 0.3) is 0 Å². The smallest absolute Gasteiger partial charge is 0.410 e. The number of nitrogens with zero attached hydrogens (tertiary/aromatic N) is 4. The fourth-order valence-electron chi connectivity index (χ4n) is 4.67. The molecular weight excluding hydrogens is 456 g/mol. The molecule has 3 heterocycles. The van der Waals surface area contributed by atoms with Crippen molar-refractivity contribution in [2.24, 2.45) is 11.7 Å². The van der Waals surface area contributed by atoms with Crippen LogP contribution in [0.1, 0.15) is 44.6 Å². The fraction of sp³-hybridized carbons (Fsp3) is 0.560. The highest BCUT2D eigenvalue weighted by atomic mass is 19.1. The molecule has 2 aliphatic rings. The largest absolute Gasteiger partial charge is 0.490 e. The Morgan fingerprint density at radius 2 is 1.86 bits per heavy atom. The average Bonchev–Trinajstić information content (AvgIpc) is 2.84. The second-order valence-electron chi connectivity index (χ2n) is 9.56. The lowest BCUT2D eigenvalue weighted by molar-refractivity contribution is 0.0608. The molecule has 0 bridgehead atoms. The predicted octanol–water partition coefficient (Wildman–Crippen LogP) is 3.71. The van der Waals surface area contributed by atoms with Crippen molar-refractivity contribution in [2.75, 3.05) is 37.7 Å². The Morgan fingerprint density at radius 3 is 2.51 bits per heavy atom. The molecule has 2 aliphatic heterocycles. The topological polar surface area (TPSA) is 93.8 Å². The summed E-state index contributed by atoms with van der Waals surface area (Å²) in [6.07, 6.45) is 5.18. The summed E-state index contributed by atoms with van der Waals surface area (Å²) < 4.78 is 39.0. The van der Waals surface area contributed by atoms with E-state index in [4.69, 9.17) is 15.2 Å². The van der Waals surface area contributed by atoms with Crippen LogP contribution in [0.4, 0.5) is 19.5 Å². The summed E-state index contributed by atoms with van der Waals surface area (Å²) in [5.41, 5.74) is 6.65. The van der Waals surface area contributed by atoms with Crippen LogP contribution in [0.25, 0.3) is 0 Å². The maximum absolute atomic E-state index is 14.2. The molecule has 2 atom stereocenters. The first-order valence-corrected chi connectivity index (χ1v) is 12.2. The number of benzene rings is 1. The number of halogens is 2. The molecule has 1 aromatic carbocycles. The fourth-order valence-corrected chi connectivity index (χ4v) is 4.67. The van der Waals surface area contributed by atoms with Gasteiger partial charge in [0, 0.05) is 38.1 Å². The molecule has 2 fully saturated rings. The van der Waals surface area contributed by atoms with E-state index in [0.29, 0.717) is 62.4 Å². The number of aromatic nitrogens is 2. The van der Waals surface area contributed by atoms with Gasteiger partial charge < -0.3 is 25.0 Å². The molecule has 2 saturated heterocycles. The van der Waals surface area contributed by atoms with Gasteiger partial charge in [-0.1, -0.05) is 0 Å². The van der Waals surface area contributed by atoms with Crippen molar-refractivity contribution in [3.05, 3.63) is 47.8 Å². The van der Waals surface area contributed by atoms with Crippen LogP contribution in [0.2, 0.25) is 0 Å². The van der Waals surface area contributed by atoms with Gasteiger partial charge in [-0.15, -0.1) is 0 Å². The molecule has 10 heteroatoms. The summed E-state index contributed by atoms with van der Waals surface area (Å²) in [5.74, 6) is 0.300. The Labute approximate surface area is 204 Å². The van der Waals surface area contributed by atoms with Crippen LogP contribution in [-0.4, -0.2) is 65.9 Å². The van der Waals surface area contributed by atoms with E-state index in [2.05, 4.69) is 9.97 Å². The number of rotatable bonds is 6. The molecule has 4 rings (SSSR count). The second kappa shape index (κ2) is 11.2. The lowest BCUT2D eigenvalue weighted by Crippen LogP contribution is -2.48. The molecule has 8 nitrogen and oxygen atoms in total. The Bertz CT molecular complexity index is 999. The molecule has 35 heavy (non-hydrogen) atoms. The van der Waals surface area contributed by atoms with E-state index in [0.717, 1.165) is 25.0 Å². The summed E-state index contributed by atoms with van der Waals surface area (Å²) in [6, 6.07) is 3.13. The molecule has 0 unspecified atom stereocenters. The van der Waals surface area contributed by atoms with E-state index in [-0.39, 0.29) is 24.2 Å². The minimum Gasteiger partial charge on any atom is -0.490 e. The minimum absolute atomic E-state index is 0.120. The highest BCUT2D eigenvalue weighted by Gasteiger charge is 2.31. The van der Waals surface area contributed by atoms with E-state index in [1.54, 1.807) is 17.3 Å². The third kappa shape index (κ3) is 6.36. The minimum atomic E-state index is -0.464. The van der Waals surface area contributed by atoms with E-state index < -0.39 is 11.6 Å². The molecule has 0 radical (unpaired) electrons. The van der Waals surface area contributed by atoms with Crippen molar-refractivity contribution < 1.29 is 23.0 Å². The van der Waals surface area contributed by atoms with Crippen molar-refractivity contribution in [3.63, 3.8) is 0 Å². The number of carbonyl (C=O) groups is 1. The number of piperidine rings is 2. The summed E-state index contributed by atoms with van der Waals surface area (Å²) in [6.45, 7) is 6.57. The van der Waals surface area contributed by atoms with E-state index in [1.807, 2.05) is 18.7 Å². The number of amides is 1. The Kier molecular flexibility index (Phi) is 8.00. The van der Waals surface area contributed by atoms with Crippen LogP contribution in [0, 0.1) is 17.6 Å². The molecular formula is C25H33F2N5O3. The van der Waals surface area contributed by atoms with E-state index >= 15 is 0 Å². The summed E-state index contributed by atoms with van der Waals surface area (Å²) >= 11 is 0. The zero-order valence-electron chi connectivity index (χ0n) is 20.2. The maximum atomic E-state index is 14.2. The Balaban J connectivity index is 1.25. The van der Waals surface area contributed by atoms with Crippen molar-refractivity contribution in [1.29, 1.82) is 0 Å². The lowest BCUT2D eigenvalue weighted by Gasteiger charge is -2.37. The lowest BCUT2D eigenvalue weighted by atomic mass is 9.85. The van der Waals surface area contributed by atoms with E-state index in [1.165, 1.54) is 6.07 Å². The van der Waals surface area contributed by atoms with Crippen LogP contribution in [-0.2, 0) is 4.74 Å². The third-order valence-corrected chi connectivity index (χ3v) is 6.61. The molecule has 0 aliphatic carbocycles. The molecule has 0 spiro atoms. The number of likely N-dealkylation sites (tertiary alicyclic amines) is 1. The predicted molar refractivity (Wildman–Crippen MR) is 127 cm³/mol. The Morgan fingerprint density at radius 1 is 1.14 bits per heavy atom. The number of ether oxygens (including phenoxy) is 2. The summed E-state index contributed by atoms with van der Waals surface area (Å²) in [4.78, 5) is 24.5. The number of hydrogen-bond donors (Lipinski definition) is 1. The van der Waals surface area contributed by atoms with Gasteiger partial charge in [-0.25, -0.2) is 23.5 Å². The number of carbonyl (C=O) groups excluding carboxylic acids is 1. The maximum Gasteiger partial charge on any atom is 0.410 e. The van der Waals surface area contributed by atoms with Gasteiger partial charge in [0.05, 0.1) is 25.1 Å². The van der Waals surface area contributed by atoms with Gasteiger partial charge in [0.2, 0.25) is 5.95 Å². The number of nitrogens with two attached hydrogens (primary N) is 1. The number of anilines is 1. The van der Waals surface area contributed by atoms with Gasteiger partial charge in [0.1, 0.15) is 11.6 Å². The highest BCUT2D eigenvalue weighted by molar-refractivity contribution is 5.67. The van der Waals surface area contributed by atoms with Crippen molar-refractivity contribution >= 4 is 12.0 Å². The van der Waals surface area contributed by atoms with Gasteiger partial charge >= 0.3 is 6.09 Å². The van der Waals surface area contributed by atoms with Gasteiger partial charge in [-0.3, -0.25) is 0 Å². The quantitative estimate of drug-likeness (QED) is 0.661. The van der Waals surface area contributed by atoms with Gasteiger partial charge in [-0.05, 0) is 62.8 Å². The zero-order chi connectivity index (χ0) is 24.9. The molecule has 2 aromatic rings.